The van der Waals surface area contributed by atoms with E-state index in [-0.39, 0.29) is 5.91 Å². The molecule has 21 heavy (non-hydrogen) atoms. The lowest BCUT2D eigenvalue weighted by Gasteiger charge is -2.21. The molecule has 3 heteroatoms. The van der Waals surface area contributed by atoms with Crippen molar-refractivity contribution < 1.29 is 4.79 Å². The van der Waals surface area contributed by atoms with E-state index < -0.39 is 0 Å². The van der Waals surface area contributed by atoms with Crippen molar-refractivity contribution in [2.24, 2.45) is 0 Å². The SMILES string of the molecule is CCN(C(=O)CNCc1ccc(C)cc1)c1ccccc1. The van der Waals surface area contributed by atoms with Gasteiger partial charge in [0.15, 0.2) is 0 Å². The molecule has 0 aromatic heterocycles. The van der Waals surface area contributed by atoms with Gasteiger partial charge in [0, 0.05) is 18.8 Å². The highest BCUT2D eigenvalue weighted by molar-refractivity contribution is 5.94. The molecule has 0 atom stereocenters. The van der Waals surface area contributed by atoms with Crippen molar-refractivity contribution in [1.82, 2.24) is 5.32 Å². The van der Waals surface area contributed by atoms with Gasteiger partial charge in [0.1, 0.15) is 0 Å². The summed E-state index contributed by atoms with van der Waals surface area (Å²) in [6.45, 7) is 5.79. The van der Waals surface area contributed by atoms with Gasteiger partial charge in [0.05, 0.1) is 6.54 Å². The van der Waals surface area contributed by atoms with E-state index in [1.165, 1.54) is 11.1 Å². The average Bonchev–Trinajstić information content (AvgIpc) is 2.51. The smallest absolute Gasteiger partial charge is 0.240 e. The van der Waals surface area contributed by atoms with Crippen molar-refractivity contribution in [2.75, 3.05) is 18.0 Å². The van der Waals surface area contributed by atoms with Crippen LogP contribution in [0.15, 0.2) is 54.6 Å². The monoisotopic (exact) mass is 282 g/mol. The fourth-order valence-electron chi connectivity index (χ4n) is 2.23. The summed E-state index contributed by atoms with van der Waals surface area (Å²) in [5.41, 5.74) is 3.38. The Morgan fingerprint density at radius 2 is 1.71 bits per heavy atom. The largest absolute Gasteiger partial charge is 0.312 e. The summed E-state index contributed by atoms with van der Waals surface area (Å²) < 4.78 is 0. The van der Waals surface area contributed by atoms with Crippen LogP contribution in [0.5, 0.6) is 0 Å². The van der Waals surface area contributed by atoms with E-state index in [0.29, 0.717) is 19.6 Å². The summed E-state index contributed by atoms with van der Waals surface area (Å²) in [6, 6.07) is 18.1. The highest BCUT2D eigenvalue weighted by atomic mass is 16.2. The molecule has 0 fully saturated rings. The molecule has 1 N–H and O–H groups in total. The van der Waals surface area contributed by atoms with Crippen LogP contribution in [-0.2, 0) is 11.3 Å². The average molecular weight is 282 g/mol. The van der Waals surface area contributed by atoms with Crippen LogP contribution in [0.2, 0.25) is 0 Å². The summed E-state index contributed by atoms with van der Waals surface area (Å²) in [5, 5.41) is 3.21. The number of hydrogen-bond acceptors (Lipinski definition) is 2. The summed E-state index contributed by atoms with van der Waals surface area (Å²) in [4.78, 5) is 14.1. The van der Waals surface area contributed by atoms with Crippen LogP contribution in [0.3, 0.4) is 0 Å². The van der Waals surface area contributed by atoms with Gasteiger partial charge in [0.2, 0.25) is 5.91 Å². The third kappa shape index (κ3) is 4.43. The number of para-hydroxylation sites is 1. The Kier molecular flexibility index (Phi) is 5.52. The number of anilines is 1. The zero-order valence-electron chi connectivity index (χ0n) is 12.7. The van der Waals surface area contributed by atoms with Crippen LogP contribution in [0.25, 0.3) is 0 Å². The van der Waals surface area contributed by atoms with Gasteiger partial charge in [0.25, 0.3) is 0 Å². The maximum Gasteiger partial charge on any atom is 0.240 e. The second kappa shape index (κ2) is 7.60. The molecule has 3 nitrogen and oxygen atoms in total. The molecule has 2 aromatic carbocycles. The van der Waals surface area contributed by atoms with E-state index in [2.05, 4.69) is 36.5 Å². The highest BCUT2D eigenvalue weighted by Gasteiger charge is 2.12. The number of likely N-dealkylation sites (N-methyl/N-ethyl adjacent to an activating group) is 1. The molecule has 0 aliphatic heterocycles. The van der Waals surface area contributed by atoms with Gasteiger partial charge in [-0.2, -0.15) is 0 Å². The lowest BCUT2D eigenvalue weighted by Crippen LogP contribution is -2.38. The summed E-state index contributed by atoms with van der Waals surface area (Å²) in [6.07, 6.45) is 0. The minimum atomic E-state index is 0.0933. The van der Waals surface area contributed by atoms with E-state index in [1.807, 2.05) is 37.3 Å². The fourth-order valence-corrected chi connectivity index (χ4v) is 2.23. The van der Waals surface area contributed by atoms with Gasteiger partial charge >= 0.3 is 0 Å². The van der Waals surface area contributed by atoms with Crippen LogP contribution in [-0.4, -0.2) is 19.0 Å². The van der Waals surface area contributed by atoms with Gasteiger partial charge in [-0.05, 0) is 31.5 Å². The molecule has 0 saturated carbocycles. The van der Waals surface area contributed by atoms with E-state index in [9.17, 15) is 4.79 Å². The first-order valence-electron chi connectivity index (χ1n) is 7.32. The Balaban J connectivity index is 1.87. The lowest BCUT2D eigenvalue weighted by molar-refractivity contribution is -0.117. The Bertz CT molecular complexity index is 564. The van der Waals surface area contributed by atoms with Crippen LogP contribution < -0.4 is 10.2 Å². The second-order valence-electron chi connectivity index (χ2n) is 5.06. The molecule has 0 unspecified atom stereocenters. The molecule has 110 valence electrons. The van der Waals surface area contributed by atoms with Crippen molar-refractivity contribution in [1.29, 1.82) is 0 Å². The van der Waals surface area contributed by atoms with Crippen LogP contribution in [0, 0.1) is 6.92 Å². The predicted molar refractivity (Wildman–Crippen MR) is 87.4 cm³/mol. The molecular formula is C18H22N2O. The number of hydrogen-bond donors (Lipinski definition) is 1. The topological polar surface area (TPSA) is 32.3 Å². The quantitative estimate of drug-likeness (QED) is 0.883. The van der Waals surface area contributed by atoms with E-state index >= 15 is 0 Å². The Labute approximate surface area is 126 Å². The number of aryl methyl sites for hydroxylation is 1. The molecule has 0 saturated heterocycles. The minimum absolute atomic E-state index is 0.0933. The van der Waals surface area contributed by atoms with Gasteiger partial charge in [-0.15, -0.1) is 0 Å². The number of carbonyl (C=O) groups excluding carboxylic acids is 1. The van der Waals surface area contributed by atoms with Crippen molar-refractivity contribution in [2.45, 2.75) is 20.4 Å². The summed E-state index contributed by atoms with van der Waals surface area (Å²) in [5.74, 6) is 0.0933. The predicted octanol–water partition coefficient (Wildman–Crippen LogP) is 3.14. The first kappa shape index (κ1) is 15.3. The van der Waals surface area contributed by atoms with Crippen molar-refractivity contribution in [3.63, 3.8) is 0 Å². The zero-order valence-corrected chi connectivity index (χ0v) is 12.7. The van der Waals surface area contributed by atoms with E-state index in [4.69, 9.17) is 0 Å². The van der Waals surface area contributed by atoms with E-state index in [0.717, 1.165) is 5.69 Å². The summed E-state index contributed by atoms with van der Waals surface area (Å²) in [7, 11) is 0. The number of carbonyl (C=O) groups is 1. The van der Waals surface area contributed by atoms with Gasteiger partial charge in [-0.1, -0.05) is 48.0 Å². The van der Waals surface area contributed by atoms with Crippen molar-refractivity contribution >= 4 is 11.6 Å². The molecule has 0 spiro atoms. The molecular weight excluding hydrogens is 260 g/mol. The van der Waals surface area contributed by atoms with Crippen LogP contribution in [0.1, 0.15) is 18.1 Å². The van der Waals surface area contributed by atoms with Gasteiger partial charge in [-0.3, -0.25) is 4.79 Å². The number of nitrogens with zero attached hydrogens (tertiary/aromatic N) is 1. The maximum absolute atomic E-state index is 12.3. The zero-order chi connectivity index (χ0) is 15.1. The Morgan fingerprint density at radius 1 is 1.05 bits per heavy atom. The summed E-state index contributed by atoms with van der Waals surface area (Å²) >= 11 is 0. The second-order valence-corrected chi connectivity index (χ2v) is 5.06. The molecule has 2 rings (SSSR count). The standard InChI is InChI=1S/C18H22N2O/c1-3-20(17-7-5-4-6-8-17)18(21)14-19-13-16-11-9-15(2)10-12-16/h4-12,19H,3,13-14H2,1-2H3. The van der Waals surface area contributed by atoms with Crippen molar-refractivity contribution in [3.8, 4) is 0 Å². The Morgan fingerprint density at radius 3 is 2.33 bits per heavy atom. The van der Waals surface area contributed by atoms with Gasteiger partial charge < -0.3 is 10.2 Å². The van der Waals surface area contributed by atoms with E-state index in [1.54, 1.807) is 4.90 Å². The normalized spacial score (nSPS) is 10.4. The number of rotatable bonds is 6. The fraction of sp³-hybridized carbons (Fsp3) is 0.278. The third-order valence-corrected chi connectivity index (χ3v) is 3.41. The maximum atomic E-state index is 12.3. The number of nitrogens with one attached hydrogen (secondary N) is 1. The molecule has 1 amide bonds. The first-order valence-corrected chi connectivity index (χ1v) is 7.32. The molecule has 0 bridgehead atoms. The van der Waals surface area contributed by atoms with Gasteiger partial charge in [-0.25, -0.2) is 0 Å². The molecule has 2 aromatic rings. The molecule has 0 radical (unpaired) electrons. The van der Waals surface area contributed by atoms with Crippen LogP contribution >= 0.6 is 0 Å². The number of benzene rings is 2. The molecule has 0 aliphatic carbocycles. The molecule has 0 aliphatic rings. The first-order chi connectivity index (χ1) is 10.2. The highest BCUT2D eigenvalue weighted by Crippen LogP contribution is 2.12. The third-order valence-electron chi connectivity index (χ3n) is 3.41. The number of amides is 1. The lowest BCUT2D eigenvalue weighted by atomic mass is 10.1. The molecule has 0 heterocycles. The Hall–Kier alpha value is -2.13. The minimum Gasteiger partial charge on any atom is -0.312 e. The van der Waals surface area contributed by atoms with Crippen molar-refractivity contribution in [3.05, 3.63) is 65.7 Å². The van der Waals surface area contributed by atoms with Crippen LogP contribution in [0.4, 0.5) is 5.69 Å².